The van der Waals surface area contributed by atoms with Gasteiger partial charge in [0.15, 0.2) is 5.78 Å². The Labute approximate surface area is 177 Å². The zero-order valence-electron chi connectivity index (χ0n) is 17.7. The Morgan fingerprint density at radius 3 is 1.93 bits per heavy atom. The van der Waals surface area contributed by atoms with E-state index in [1.165, 1.54) is 18.2 Å². The normalized spacial score (nSPS) is 11.1. The van der Waals surface area contributed by atoms with Crippen LogP contribution in [0.1, 0.15) is 54.7 Å². The highest BCUT2D eigenvalue weighted by Crippen LogP contribution is 2.30. The van der Waals surface area contributed by atoms with Crippen LogP contribution in [-0.4, -0.2) is 26.2 Å². The Balaban J connectivity index is 2.36. The van der Waals surface area contributed by atoms with E-state index in [1.807, 2.05) is 39.8 Å². The van der Waals surface area contributed by atoms with Crippen molar-refractivity contribution in [2.45, 2.75) is 40.5 Å². The first kappa shape index (κ1) is 22.8. The van der Waals surface area contributed by atoms with E-state index in [4.69, 9.17) is 0 Å². The van der Waals surface area contributed by atoms with Crippen molar-refractivity contribution in [1.29, 1.82) is 0 Å². The SMILES string of the molecule is CC(C)=CCc1cc(/C(O)=C/C(=O)c2cc(CC=C(C)C)c(O)cc2O)ccc1O. The number of carbonyl (C=O) groups is 1. The molecule has 2 aromatic carbocycles. The Kier molecular flexibility index (Phi) is 7.48. The molecule has 5 heteroatoms. The number of aliphatic hydroxyl groups excluding tert-OH is 1. The van der Waals surface area contributed by atoms with Crippen LogP contribution in [0.4, 0.5) is 0 Å². The Morgan fingerprint density at radius 1 is 0.800 bits per heavy atom. The topological polar surface area (TPSA) is 98.0 Å². The van der Waals surface area contributed by atoms with Crippen LogP contribution in [0.15, 0.2) is 59.7 Å². The summed E-state index contributed by atoms with van der Waals surface area (Å²) in [4.78, 5) is 12.7. The highest BCUT2D eigenvalue weighted by molar-refractivity contribution is 6.09. The predicted octanol–water partition coefficient (Wildman–Crippen LogP) is 5.60. The average Bonchev–Trinajstić information content (AvgIpc) is 2.66. The number of rotatable bonds is 7. The van der Waals surface area contributed by atoms with Gasteiger partial charge < -0.3 is 20.4 Å². The number of phenols is 3. The van der Waals surface area contributed by atoms with E-state index >= 15 is 0 Å². The van der Waals surface area contributed by atoms with Crippen molar-refractivity contribution in [3.63, 3.8) is 0 Å². The number of hydrogen-bond acceptors (Lipinski definition) is 5. The molecule has 0 amide bonds. The van der Waals surface area contributed by atoms with Crippen molar-refractivity contribution in [2.75, 3.05) is 0 Å². The lowest BCUT2D eigenvalue weighted by Crippen LogP contribution is -2.00. The summed E-state index contributed by atoms with van der Waals surface area (Å²) in [5, 5.41) is 40.6. The summed E-state index contributed by atoms with van der Waals surface area (Å²) in [5.41, 5.74) is 3.64. The first-order valence-electron chi connectivity index (χ1n) is 9.67. The lowest BCUT2D eigenvalue weighted by atomic mass is 10.00. The highest BCUT2D eigenvalue weighted by atomic mass is 16.3. The standard InChI is InChI=1S/C25H28O5/c1-15(2)5-7-17-11-18(9-10-21(17)26)22(27)13-24(29)20-12-19(8-6-16(3)4)23(28)14-25(20)30/h5-6,9-14,26-28,30H,7-8H2,1-4H3/b22-13-. The first-order chi connectivity index (χ1) is 14.1. The predicted molar refractivity (Wildman–Crippen MR) is 119 cm³/mol. The van der Waals surface area contributed by atoms with Gasteiger partial charge in [-0.15, -0.1) is 0 Å². The number of allylic oxidation sites excluding steroid dienone is 5. The molecule has 0 radical (unpaired) electrons. The molecule has 0 unspecified atom stereocenters. The molecule has 0 heterocycles. The number of ketones is 1. The molecule has 0 spiro atoms. The molecule has 4 N–H and O–H groups in total. The van der Waals surface area contributed by atoms with E-state index in [0.717, 1.165) is 23.3 Å². The maximum absolute atomic E-state index is 12.7. The second kappa shape index (κ2) is 9.83. The number of benzene rings is 2. The molecule has 0 atom stereocenters. The maximum Gasteiger partial charge on any atom is 0.193 e. The molecular weight excluding hydrogens is 380 g/mol. The van der Waals surface area contributed by atoms with Crippen LogP contribution in [0.25, 0.3) is 5.76 Å². The zero-order valence-corrected chi connectivity index (χ0v) is 17.7. The van der Waals surface area contributed by atoms with Gasteiger partial charge in [0, 0.05) is 17.7 Å². The minimum atomic E-state index is -0.595. The summed E-state index contributed by atoms with van der Waals surface area (Å²) in [6, 6.07) is 7.15. The minimum absolute atomic E-state index is 0.0138. The van der Waals surface area contributed by atoms with Crippen LogP contribution < -0.4 is 0 Å². The summed E-state index contributed by atoms with van der Waals surface area (Å²) in [6.07, 6.45) is 5.78. The van der Waals surface area contributed by atoms with E-state index < -0.39 is 5.78 Å². The lowest BCUT2D eigenvalue weighted by molar-refractivity contribution is 0.104. The van der Waals surface area contributed by atoms with Crippen LogP contribution >= 0.6 is 0 Å². The Bertz CT molecular complexity index is 1030. The van der Waals surface area contributed by atoms with Gasteiger partial charge in [-0.3, -0.25) is 4.79 Å². The van der Waals surface area contributed by atoms with E-state index in [0.29, 0.717) is 29.5 Å². The fraction of sp³-hybridized carbons (Fsp3) is 0.240. The van der Waals surface area contributed by atoms with E-state index in [2.05, 4.69) is 0 Å². The smallest absolute Gasteiger partial charge is 0.193 e. The monoisotopic (exact) mass is 408 g/mol. The summed E-state index contributed by atoms with van der Waals surface area (Å²) in [6.45, 7) is 7.75. The van der Waals surface area contributed by atoms with Crippen LogP contribution in [0.2, 0.25) is 0 Å². The maximum atomic E-state index is 12.7. The first-order valence-corrected chi connectivity index (χ1v) is 9.67. The number of aromatic hydroxyl groups is 3. The van der Waals surface area contributed by atoms with Gasteiger partial charge in [-0.25, -0.2) is 0 Å². The van der Waals surface area contributed by atoms with Gasteiger partial charge >= 0.3 is 0 Å². The van der Waals surface area contributed by atoms with Crippen LogP contribution in [0, 0.1) is 0 Å². The summed E-state index contributed by atoms with van der Waals surface area (Å²) < 4.78 is 0. The van der Waals surface area contributed by atoms with Gasteiger partial charge in [-0.2, -0.15) is 0 Å². The van der Waals surface area contributed by atoms with Gasteiger partial charge in [0.2, 0.25) is 0 Å². The molecule has 2 aromatic rings. The average molecular weight is 408 g/mol. The molecule has 0 aliphatic heterocycles. The molecule has 0 aromatic heterocycles. The molecular formula is C25H28O5. The van der Waals surface area contributed by atoms with Crippen LogP contribution in [-0.2, 0) is 12.8 Å². The number of carbonyl (C=O) groups excluding carboxylic acids is 1. The van der Waals surface area contributed by atoms with Crippen LogP contribution in [0.3, 0.4) is 0 Å². The van der Waals surface area contributed by atoms with Crippen molar-refractivity contribution >= 4 is 11.5 Å². The molecule has 0 saturated carbocycles. The van der Waals surface area contributed by atoms with E-state index in [9.17, 15) is 25.2 Å². The van der Waals surface area contributed by atoms with Crippen LogP contribution in [0.5, 0.6) is 17.2 Å². The minimum Gasteiger partial charge on any atom is -0.508 e. The summed E-state index contributed by atoms with van der Waals surface area (Å²) >= 11 is 0. The van der Waals surface area contributed by atoms with Crippen molar-refractivity contribution in [1.82, 2.24) is 0 Å². The van der Waals surface area contributed by atoms with E-state index in [-0.39, 0.29) is 28.6 Å². The quantitative estimate of drug-likeness (QED) is 0.207. The molecule has 0 aliphatic carbocycles. The number of aliphatic hydroxyl groups is 1. The fourth-order valence-electron chi connectivity index (χ4n) is 2.80. The van der Waals surface area contributed by atoms with Gasteiger partial charge in [-0.05, 0) is 75.9 Å². The number of hydrogen-bond donors (Lipinski definition) is 4. The van der Waals surface area contributed by atoms with Crippen molar-refractivity contribution in [2.24, 2.45) is 0 Å². The second-order valence-corrected chi connectivity index (χ2v) is 7.71. The second-order valence-electron chi connectivity index (χ2n) is 7.71. The highest BCUT2D eigenvalue weighted by Gasteiger charge is 2.15. The third kappa shape index (κ3) is 6.01. The molecule has 0 bridgehead atoms. The Hall–Kier alpha value is -3.47. The van der Waals surface area contributed by atoms with E-state index in [1.54, 1.807) is 6.07 Å². The molecule has 2 rings (SSSR count). The van der Waals surface area contributed by atoms with Gasteiger partial charge in [0.1, 0.15) is 23.0 Å². The largest absolute Gasteiger partial charge is 0.508 e. The third-order valence-corrected chi connectivity index (χ3v) is 4.57. The summed E-state index contributed by atoms with van der Waals surface area (Å²) in [5.74, 6) is -1.23. The molecule has 158 valence electrons. The van der Waals surface area contributed by atoms with Crippen molar-refractivity contribution < 1.29 is 25.2 Å². The fourth-order valence-corrected chi connectivity index (χ4v) is 2.80. The van der Waals surface area contributed by atoms with Crippen molar-refractivity contribution in [3.8, 4) is 17.2 Å². The Morgan fingerprint density at radius 2 is 1.37 bits per heavy atom. The number of phenolic OH excluding ortho intramolecular Hbond substituents is 3. The molecule has 0 fully saturated rings. The molecule has 30 heavy (non-hydrogen) atoms. The molecule has 0 aliphatic rings. The third-order valence-electron chi connectivity index (χ3n) is 4.57. The van der Waals surface area contributed by atoms with Crippen molar-refractivity contribution in [3.05, 3.63) is 82.0 Å². The summed E-state index contributed by atoms with van der Waals surface area (Å²) in [7, 11) is 0. The van der Waals surface area contributed by atoms with Gasteiger partial charge in [0.25, 0.3) is 0 Å². The zero-order chi connectivity index (χ0) is 22.4. The lowest BCUT2D eigenvalue weighted by Gasteiger charge is -2.09. The van der Waals surface area contributed by atoms with Gasteiger partial charge in [-0.1, -0.05) is 23.3 Å². The molecule has 5 nitrogen and oxygen atoms in total. The molecule has 0 saturated heterocycles. The van der Waals surface area contributed by atoms with Gasteiger partial charge in [0.05, 0.1) is 5.56 Å².